The summed E-state index contributed by atoms with van der Waals surface area (Å²) in [6, 6.07) is 3.27. The van der Waals surface area contributed by atoms with Gasteiger partial charge < -0.3 is 16.2 Å². The molecule has 0 saturated heterocycles. The fraction of sp³-hybridized carbons (Fsp3) is 0.500. The molecule has 0 spiro atoms. The van der Waals surface area contributed by atoms with Gasteiger partial charge >= 0.3 is 0 Å². The standard InChI is InChI=1S/C16H21N3O2/c17-10-4-6-12-7-5-11-18-15(12)16(21)19-13-8-2-1-3-9-14(13)20/h5,7,11,13-14,20H,1-3,8-10,17H2,(H,19,21). The molecule has 1 aromatic heterocycles. The molecule has 2 atom stereocenters. The number of carbonyl (C=O) groups excluding carboxylic acids is 1. The Morgan fingerprint density at radius 1 is 1.43 bits per heavy atom. The molecular weight excluding hydrogens is 266 g/mol. The predicted molar refractivity (Wildman–Crippen MR) is 80.5 cm³/mol. The first-order valence-corrected chi connectivity index (χ1v) is 7.35. The fourth-order valence-electron chi connectivity index (χ4n) is 2.53. The van der Waals surface area contributed by atoms with E-state index in [0.29, 0.717) is 5.56 Å². The van der Waals surface area contributed by atoms with Gasteiger partial charge in [-0.3, -0.25) is 4.79 Å². The maximum absolute atomic E-state index is 12.4. The minimum Gasteiger partial charge on any atom is -0.391 e. The third-order valence-corrected chi connectivity index (χ3v) is 3.64. The number of hydrogen-bond acceptors (Lipinski definition) is 4. The molecule has 0 aliphatic heterocycles. The molecule has 1 aliphatic carbocycles. The zero-order chi connectivity index (χ0) is 15.1. The average molecular weight is 287 g/mol. The highest BCUT2D eigenvalue weighted by Crippen LogP contribution is 2.18. The van der Waals surface area contributed by atoms with Crippen LogP contribution in [-0.2, 0) is 0 Å². The van der Waals surface area contributed by atoms with Gasteiger partial charge in [-0.1, -0.05) is 31.1 Å². The Hall–Kier alpha value is -1.90. The van der Waals surface area contributed by atoms with Gasteiger partial charge in [-0.2, -0.15) is 0 Å². The average Bonchev–Trinajstić information content (AvgIpc) is 2.70. The summed E-state index contributed by atoms with van der Waals surface area (Å²) in [5.74, 6) is 5.30. The maximum Gasteiger partial charge on any atom is 0.271 e. The third kappa shape index (κ3) is 4.28. The Kier molecular flexibility index (Phi) is 5.73. The second kappa shape index (κ2) is 7.77. The molecule has 1 saturated carbocycles. The van der Waals surface area contributed by atoms with Crippen LogP contribution < -0.4 is 11.1 Å². The molecule has 1 aliphatic rings. The minimum absolute atomic E-state index is 0.211. The van der Waals surface area contributed by atoms with Crippen molar-refractivity contribution in [2.45, 2.75) is 44.2 Å². The molecule has 2 unspecified atom stereocenters. The second-order valence-electron chi connectivity index (χ2n) is 5.19. The number of aliphatic hydroxyl groups is 1. The van der Waals surface area contributed by atoms with E-state index in [2.05, 4.69) is 22.1 Å². The molecule has 5 heteroatoms. The summed E-state index contributed by atoms with van der Waals surface area (Å²) < 4.78 is 0. The lowest BCUT2D eigenvalue weighted by Crippen LogP contribution is -2.43. The first-order chi connectivity index (χ1) is 10.2. The van der Waals surface area contributed by atoms with Crippen LogP contribution in [0.2, 0.25) is 0 Å². The van der Waals surface area contributed by atoms with E-state index in [1.54, 1.807) is 18.3 Å². The Morgan fingerprint density at radius 2 is 2.24 bits per heavy atom. The zero-order valence-electron chi connectivity index (χ0n) is 12.0. The van der Waals surface area contributed by atoms with E-state index >= 15 is 0 Å². The van der Waals surface area contributed by atoms with E-state index < -0.39 is 6.10 Å². The van der Waals surface area contributed by atoms with Crippen LogP contribution in [0.3, 0.4) is 0 Å². The quantitative estimate of drug-likeness (QED) is 0.555. The number of amides is 1. The number of nitrogens with zero attached hydrogens (tertiary/aromatic N) is 1. The normalized spacial score (nSPS) is 21.8. The Balaban J connectivity index is 2.12. The number of aliphatic hydroxyl groups excluding tert-OH is 1. The van der Waals surface area contributed by atoms with Gasteiger partial charge in [0.2, 0.25) is 0 Å². The van der Waals surface area contributed by atoms with Crippen LogP contribution in [0.15, 0.2) is 18.3 Å². The maximum atomic E-state index is 12.4. The van der Waals surface area contributed by atoms with Gasteiger partial charge in [-0.25, -0.2) is 4.98 Å². The van der Waals surface area contributed by atoms with Gasteiger partial charge in [-0.05, 0) is 25.0 Å². The molecule has 112 valence electrons. The first-order valence-electron chi connectivity index (χ1n) is 7.35. The van der Waals surface area contributed by atoms with Crippen molar-refractivity contribution in [2.24, 2.45) is 5.73 Å². The largest absolute Gasteiger partial charge is 0.391 e. The number of aromatic nitrogens is 1. The Morgan fingerprint density at radius 3 is 3.05 bits per heavy atom. The molecule has 1 heterocycles. The summed E-state index contributed by atoms with van der Waals surface area (Å²) in [5.41, 5.74) is 6.21. The van der Waals surface area contributed by atoms with Gasteiger partial charge in [0, 0.05) is 6.20 Å². The zero-order valence-corrected chi connectivity index (χ0v) is 12.0. The van der Waals surface area contributed by atoms with Crippen LogP contribution in [0.1, 0.15) is 48.2 Å². The van der Waals surface area contributed by atoms with Gasteiger partial charge in [-0.15, -0.1) is 0 Å². The van der Waals surface area contributed by atoms with Crippen LogP contribution in [0.25, 0.3) is 0 Å². The van der Waals surface area contributed by atoms with Crippen molar-refractivity contribution in [3.63, 3.8) is 0 Å². The van der Waals surface area contributed by atoms with Crippen molar-refractivity contribution in [1.29, 1.82) is 0 Å². The monoisotopic (exact) mass is 287 g/mol. The second-order valence-corrected chi connectivity index (χ2v) is 5.19. The molecule has 21 heavy (non-hydrogen) atoms. The van der Waals surface area contributed by atoms with E-state index in [0.717, 1.165) is 32.1 Å². The van der Waals surface area contributed by atoms with E-state index in [1.165, 1.54) is 0 Å². The van der Waals surface area contributed by atoms with Crippen molar-refractivity contribution in [1.82, 2.24) is 10.3 Å². The van der Waals surface area contributed by atoms with E-state index in [1.807, 2.05) is 0 Å². The summed E-state index contributed by atoms with van der Waals surface area (Å²) in [6.07, 6.45) is 5.72. The van der Waals surface area contributed by atoms with Gasteiger partial charge in [0.1, 0.15) is 5.69 Å². The number of nitrogens with one attached hydrogen (secondary N) is 1. The molecule has 2 rings (SSSR count). The predicted octanol–water partition coefficient (Wildman–Crippen LogP) is 0.815. The summed E-state index contributed by atoms with van der Waals surface area (Å²) in [7, 11) is 0. The number of nitrogens with two attached hydrogens (primary N) is 1. The molecule has 1 amide bonds. The summed E-state index contributed by atoms with van der Waals surface area (Å²) in [4.78, 5) is 16.5. The van der Waals surface area contributed by atoms with Crippen LogP contribution >= 0.6 is 0 Å². The summed E-state index contributed by atoms with van der Waals surface area (Å²) >= 11 is 0. The van der Waals surface area contributed by atoms with Crippen molar-refractivity contribution < 1.29 is 9.90 Å². The van der Waals surface area contributed by atoms with Crippen molar-refractivity contribution >= 4 is 5.91 Å². The lowest BCUT2D eigenvalue weighted by Gasteiger charge is -2.21. The van der Waals surface area contributed by atoms with Crippen molar-refractivity contribution in [3.8, 4) is 11.8 Å². The fourth-order valence-corrected chi connectivity index (χ4v) is 2.53. The van der Waals surface area contributed by atoms with Gasteiger partial charge in [0.25, 0.3) is 5.91 Å². The highest BCUT2D eigenvalue weighted by Gasteiger charge is 2.24. The smallest absolute Gasteiger partial charge is 0.271 e. The molecule has 4 N–H and O–H groups in total. The van der Waals surface area contributed by atoms with E-state index in [4.69, 9.17) is 5.73 Å². The van der Waals surface area contributed by atoms with Crippen LogP contribution in [-0.4, -0.2) is 34.7 Å². The topological polar surface area (TPSA) is 88.2 Å². The minimum atomic E-state index is -0.487. The molecule has 5 nitrogen and oxygen atoms in total. The van der Waals surface area contributed by atoms with Crippen LogP contribution in [0.4, 0.5) is 0 Å². The van der Waals surface area contributed by atoms with Crippen LogP contribution in [0, 0.1) is 11.8 Å². The number of carbonyl (C=O) groups is 1. The molecule has 0 bridgehead atoms. The summed E-state index contributed by atoms with van der Waals surface area (Å²) in [6.45, 7) is 0.233. The molecule has 1 aromatic rings. The number of rotatable bonds is 2. The van der Waals surface area contributed by atoms with Crippen molar-refractivity contribution in [2.75, 3.05) is 6.54 Å². The lowest BCUT2D eigenvalue weighted by molar-refractivity contribution is 0.0814. The number of hydrogen-bond donors (Lipinski definition) is 3. The Bertz CT molecular complexity index is 548. The van der Waals surface area contributed by atoms with Crippen LogP contribution in [0.5, 0.6) is 0 Å². The third-order valence-electron chi connectivity index (χ3n) is 3.64. The Labute approximate surface area is 125 Å². The van der Waals surface area contributed by atoms with E-state index in [-0.39, 0.29) is 24.2 Å². The molecule has 0 radical (unpaired) electrons. The van der Waals surface area contributed by atoms with Gasteiger partial charge in [0.15, 0.2) is 0 Å². The lowest BCUT2D eigenvalue weighted by atomic mass is 10.1. The highest BCUT2D eigenvalue weighted by molar-refractivity contribution is 5.94. The number of pyridine rings is 1. The van der Waals surface area contributed by atoms with Gasteiger partial charge in [0.05, 0.1) is 24.3 Å². The molecule has 1 fully saturated rings. The SMILES string of the molecule is NCC#Cc1cccnc1C(=O)NC1CCCCCC1O. The summed E-state index contributed by atoms with van der Waals surface area (Å²) in [5, 5.41) is 13.0. The molecular formula is C16H21N3O2. The highest BCUT2D eigenvalue weighted by atomic mass is 16.3. The molecule has 0 aromatic carbocycles. The first kappa shape index (κ1) is 15.5. The van der Waals surface area contributed by atoms with E-state index in [9.17, 15) is 9.90 Å². The van der Waals surface area contributed by atoms with Crippen molar-refractivity contribution in [3.05, 3.63) is 29.6 Å².